The van der Waals surface area contributed by atoms with Gasteiger partial charge in [0.15, 0.2) is 6.54 Å². The zero-order chi connectivity index (χ0) is 16.0. The smallest absolute Gasteiger partial charge is 0.316 e. The molecule has 1 atom stereocenters. The molecule has 0 bridgehead atoms. The Bertz CT molecular complexity index is 775. The Morgan fingerprint density at radius 1 is 1.21 bits per heavy atom. The highest BCUT2D eigenvalue weighted by molar-refractivity contribution is 8.13. The highest BCUT2D eigenvalue weighted by atomic mass is 79.9. The minimum absolute atomic E-state index is 0. The third-order valence-electron chi connectivity index (χ3n) is 4.83. The molecule has 0 aliphatic carbocycles. The van der Waals surface area contributed by atoms with Crippen LogP contribution >= 0.6 is 23.1 Å². The second-order valence-electron chi connectivity index (χ2n) is 6.24. The van der Waals surface area contributed by atoms with Crippen LogP contribution in [0.4, 0.5) is 5.69 Å². The van der Waals surface area contributed by atoms with Gasteiger partial charge >= 0.3 is 5.17 Å². The van der Waals surface area contributed by atoms with Gasteiger partial charge in [-0.1, -0.05) is 18.2 Å². The number of rotatable bonds is 2. The van der Waals surface area contributed by atoms with Gasteiger partial charge in [-0.15, -0.1) is 11.3 Å². The normalized spacial score (nSPS) is 23.2. The monoisotopic (exact) mass is 424 g/mol. The molecule has 0 radical (unpaired) electrons. The highest BCUT2D eigenvalue weighted by Gasteiger charge is 2.54. The van der Waals surface area contributed by atoms with Crippen LogP contribution < -0.4 is 21.9 Å². The standard InChI is InChI=1S/C18H21N2OS2.BrH/c1-13-6-3-7-15(14(13)2)19-12-18(21,16-8-4-10-22-16)20-9-5-11-23-17(19)20;/h3-4,6-8,10,21H,5,9,11-12H2,1-2H3;1H/q+1;/p-1. The van der Waals surface area contributed by atoms with E-state index >= 15 is 0 Å². The third-order valence-corrected chi connectivity index (χ3v) is 7.03. The Hall–Kier alpha value is -0.820. The van der Waals surface area contributed by atoms with Gasteiger partial charge < -0.3 is 22.1 Å². The molecule has 1 aromatic heterocycles. The molecule has 2 aliphatic rings. The van der Waals surface area contributed by atoms with Crippen LogP contribution in [0.15, 0.2) is 35.7 Å². The van der Waals surface area contributed by atoms with E-state index in [1.165, 1.54) is 22.0 Å². The van der Waals surface area contributed by atoms with Gasteiger partial charge in [-0.05, 0) is 60.7 Å². The lowest BCUT2D eigenvalue weighted by Gasteiger charge is -2.22. The van der Waals surface area contributed by atoms with E-state index in [2.05, 4.69) is 41.5 Å². The van der Waals surface area contributed by atoms with E-state index in [0.717, 1.165) is 23.6 Å². The number of hydrogen-bond donors (Lipinski definition) is 1. The van der Waals surface area contributed by atoms with E-state index in [1.54, 1.807) is 11.3 Å². The van der Waals surface area contributed by atoms with Crippen molar-refractivity contribution in [2.24, 2.45) is 0 Å². The molecular weight excluding hydrogens is 404 g/mol. The molecule has 0 saturated heterocycles. The Morgan fingerprint density at radius 2 is 2.04 bits per heavy atom. The van der Waals surface area contributed by atoms with Gasteiger partial charge in [0, 0.05) is 5.75 Å². The summed E-state index contributed by atoms with van der Waals surface area (Å²) in [4.78, 5) is 3.34. The van der Waals surface area contributed by atoms with Crippen molar-refractivity contribution in [1.29, 1.82) is 0 Å². The Kier molecular flexibility index (Phi) is 5.12. The van der Waals surface area contributed by atoms with Crippen LogP contribution in [-0.2, 0) is 5.72 Å². The molecule has 0 amide bonds. The summed E-state index contributed by atoms with van der Waals surface area (Å²) >= 11 is 3.50. The van der Waals surface area contributed by atoms with Gasteiger partial charge in [-0.3, -0.25) is 0 Å². The number of amidine groups is 1. The van der Waals surface area contributed by atoms with Crippen molar-refractivity contribution in [3.63, 3.8) is 0 Å². The van der Waals surface area contributed by atoms with E-state index in [9.17, 15) is 5.11 Å². The summed E-state index contributed by atoms with van der Waals surface area (Å²) in [6.45, 7) is 5.83. The van der Waals surface area contributed by atoms with Crippen molar-refractivity contribution >= 4 is 34.0 Å². The lowest BCUT2D eigenvalue weighted by molar-refractivity contribution is -0.655. The zero-order valence-electron chi connectivity index (χ0n) is 13.8. The Morgan fingerprint density at radius 3 is 2.79 bits per heavy atom. The van der Waals surface area contributed by atoms with Crippen LogP contribution in [0.3, 0.4) is 0 Å². The number of anilines is 1. The van der Waals surface area contributed by atoms with E-state index in [4.69, 9.17) is 0 Å². The number of hydrogen-bond acceptors (Lipinski definition) is 4. The van der Waals surface area contributed by atoms with Crippen LogP contribution in [0.2, 0.25) is 0 Å². The summed E-state index contributed by atoms with van der Waals surface area (Å²) in [5.74, 6) is 1.12. The van der Waals surface area contributed by atoms with Crippen LogP contribution in [0.1, 0.15) is 22.4 Å². The average molecular weight is 425 g/mol. The van der Waals surface area contributed by atoms with Gasteiger partial charge in [0.1, 0.15) is 5.69 Å². The second-order valence-corrected chi connectivity index (χ2v) is 8.25. The van der Waals surface area contributed by atoms with Crippen molar-refractivity contribution in [2.75, 3.05) is 23.7 Å². The molecule has 3 heterocycles. The number of aryl methyl sites for hydroxylation is 1. The molecule has 2 aromatic rings. The number of aliphatic hydroxyl groups is 1. The quantitative estimate of drug-likeness (QED) is 0.712. The van der Waals surface area contributed by atoms with Crippen LogP contribution in [0.5, 0.6) is 0 Å². The first kappa shape index (κ1) is 18.0. The molecule has 1 aromatic carbocycles. The average Bonchev–Trinajstić information content (AvgIpc) is 3.19. The molecule has 4 rings (SSSR count). The van der Waals surface area contributed by atoms with Gasteiger partial charge in [-0.2, -0.15) is 0 Å². The summed E-state index contributed by atoms with van der Waals surface area (Å²) in [6.07, 6.45) is 1.11. The van der Waals surface area contributed by atoms with Crippen molar-refractivity contribution < 1.29 is 26.7 Å². The first-order chi connectivity index (χ1) is 11.1. The fourth-order valence-corrected chi connectivity index (χ4v) is 5.43. The summed E-state index contributed by atoms with van der Waals surface area (Å²) in [5.41, 5.74) is 2.89. The van der Waals surface area contributed by atoms with Crippen LogP contribution in [0.25, 0.3) is 0 Å². The predicted molar refractivity (Wildman–Crippen MR) is 98.7 cm³/mol. The van der Waals surface area contributed by atoms with E-state index in [-0.39, 0.29) is 17.0 Å². The highest BCUT2D eigenvalue weighted by Crippen LogP contribution is 2.40. The Labute approximate surface area is 161 Å². The fourth-order valence-electron chi connectivity index (χ4n) is 3.43. The maximum Gasteiger partial charge on any atom is 0.316 e. The minimum Gasteiger partial charge on any atom is -1.00 e. The van der Waals surface area contributed by atoms with Gasteiger partial charge in [0.25, 0.3) is 5.72 Å². The predicted octanol–water partition coefficient (Wildman–Crippen LogP) is 0.540. The van der Waals surface area contributed by atoms with Crippen molar-refractivity contribution in [2.45, 2.75) is 26.0 Å². The van der Waals surface area contributed by atoms with E-state index in [0.29, 0.717) is 6.54 Å². The summed E-state index contributed by atoms with van der Waals surface area (Å²) in [7, 11) is 0. The second kappa shape index (κ2) is 6.83. The number of β-amino-alcohol motifs (C(OH)–C–C–N with tert-alkyl or cyclic N) is 1. The maximum atomic E-state index is 11.5. The topological polar surface area (TPSA) is 26.5 Å². The molecule has 2 aliphatic heterocycles. The molecule has 1 unspecified atom stereocenters. The van der Waals surface area contributed by atoms with Crippen molar-refractivity contribution in [1.82, 2.24) is 0 Å². The van der Waals surface area contributed by atoms with Crippen LogP contribution in [-0.4, -0.2) is 33.7 Å². The van der Waals surface area contributed by atoms with Crippen LogP contribution in [0, 0.1) is 13.8 Å². The van der Waals surface area contributed by atoms with E-state index < -0.39 is 5.72 Å². The van der Waals surface area contributed by atoms with Gasteiger partial charge in [0.2, 0.25) is 0 Å². The zero-order valence-corrected chi connectivity index (χ0v) is 17.0. The molecule has 1 N–H and O–H groups in total. The van der Waals surface area contributed by atoms with Crippen molar-refractivity contribution in [3.05, 3.63) is 51.7 Å². The number of benzene rings is 1. The van der Waals surface area contributed by atoms with Crippen molar-refractivity contribution in [3.8, 4) is 0 Å². The van der Waals surface area contributed by atoms with Gasteiger partial charge in [0.05, 0.1) is 11.4 Å². The molecule has 128 valence electrons. The number of thiophene rings is 1. The third kappa shape index (κ3) is 2.73. The molecule has 0 spiro atoms. The summed E-state index contributed by atoms with van der Waals surface area (Å²) < 4.78 is 2.20. The molecular formula is C18H21BrN2OS2. The number of nitrogens with zero attached hydrogens (tertiary/aromatic N) is 2. The minimum atomic E-state index is -0.910. The lowest BCUT2D eigenvalue weighted by atomic mass is 10.1. The number of halogens is 1. The largest absolute Gasteiger partial charge is 1.00 e. The number of thioether (sulfide) groups is 1. The molecule has 0 fully saturated rings. The summed E-state index contributed by atoms with van der Waals surface area (Å²) in [6, 6.07) is 10.5. The SMILES string of the molecule is Cc1cccc(N2CC(O)(c3cccs3)[N+]3=C2SCCC3)c1C.[Br-]. The first-order valence-electron chi connectivity index (χ1n) is 7.99. The molecule has 24 heavy (non-hydrogen) atoms. The summed E-state index contributed by atoms with van der Waals surface area (Å²) in [5, 5.41) is 14.7. The molecule has 6 heteroatoms. The molecule has 0 saturated carbocycles. The van der Waals surface area contributed by atoms with E-state index in [1.807, 2.05) is 29.3 Å². The maximum absolute atomic E-state index is 11.5. The Balaban J connectivity index is 0.00000169. The lowest BCUT2D eigenvalue weighted by Crippen LogP contribution is -3.00. The molecule has 3 nitrogen and oxygen atoms in total. The van der Waals surface area contributed by atoms with Gasteiger partial charge in [-0.25, -0.2) is 9.48 Å². The first-order valence-corrected chi connectivity index (χ1v) is 9.85. The fraction of sp³-hybridized carbons (Fsp3) is 0.389.